The van der Waals surface area contributed by atoms with Crippen molar-refractivity contribution in [2.24, 2.45) is 0 Å². The van der Waals surface area contributed by atoms with Gasteiger partial charge >= 0.3 is 0 Å². The molecule has 2 heterocycles. The molecule has 1 amide bonds. The topological polar surface area (TPSA) is 83.0 Å². The van der Waals surface area contributed by atoms with Crippen molar-refractivity contribution < 1.29 is 17.9 Å². The Kier molecular flexibility index (Phi) is 9.38. The number of halogens is 1. The van der Waals surface area contributed by atoms with Gasteiger partial charge in [-0.2, -0.15) is 4.31 Å². The maximum atomic E-state index is 13.9. The van der Waals surface area contributed by atoms with Crippen molar-refractivity contribution in [3.63, 3.8) is 0 Å². The normalized spacial score (nSPS) is 14.5. The molecule has 0 radical (unpaired) electrons. The van der Waals surface area contributed by atoms with E-state index in [4.69, 9.17) is 21.3 Å². The molecular weight excluding hydrogens is 580 g/mol. The number of carbonyl (C=O) groups excluding carboxylic acids is 1. The number of morpholine rings is 1. The summed E-state index contributed by atoms with van der Waals surface area (Å²) in [4.78, 5) is 22.8. The Balaban J connectivity index is 1.37. The van der Waals surface area contributed by atoms with Crippen LogP contribution in [-0.2, 0) is 21.3 Å². The van der Waals surface area contributed by atoms with Crippen LogP contribution in [0.1, 0.15) is 27.9 Å². The SMILES string of the molecule is Cc1c(Cl)ccc2sc(N(CCCN3CCOCC3)C(=O)c3ccc(S(=O)(=O)N(C)Cc4ccccc4)cc3)nc12. The van der Waals surface area contributed by atoms with Crippen LogP contribution in [0, 0.1) is 6.92 Å². The summed E-state index contributed by atoms with van der Waals surface area (Å²) in [6.45, 7) is 6.68. The molecule has 4 aromatic rings. The van der Waals surface area contributed by atoms with Gasteiger partial charge in [0.15, 0.2) is 5.13 Å². The minimum absolute atomic E-state index is 0.136. The molecule has 0 atom stereocenters. The zero-order chi connectivity index (χ0) is 29.0. The highest BCUT2D eigenvalue weighted by Gasteiger charge is 2.25. The van der Waals surface area contributed by atoms with Crippen LogP contribution in [0.25, 0.3) is 10.2 Å². The van der Waals surface area contributed by atoms with E-state index >= 15 is 0 Å². The molecule has 1 aliphatic heterocycles. The van der Waals surface area contributed by atoms with E-state index in [0.29, 0.717) is 22.3 Å². The standard InChI is InChI=1S/C30H33ClN4O4S2/c1-22-26(31)13-14-27-28(22)32-30(40-27)35(16-6-15-34-17-19-39-20-18-34)29(36)24-9-11-25(12-10-24)41(37,38)33(2)21-23-7-4-3-5-8-23/h3-5,7-14H,6,15-21H2,1-2H3. The number of aryl methyl sites for hydroxylation is 1. The van der Waals surface area contributed by atoms with Crippen LogP contribution in [0.15, 0.2) is 71.6 Å². The third-order valence-corrected chi connectivity index (χ3v) is 10.5. The summed E-state index contributed by atoms with van der Waals surface area (Å²) in [5, 5.41) is 1.23. The molecule has 0 aliphatic carbocycles. The smallest absolute Gasteiger partial charge is 0.260 e. The number of nitrogens with zero attached hydrogens (tertiary/aromatic N) is 4. The number of benzene rings is 3. The number of fused-ring (bicyclic) bond motifs is 1. The fourth-order valence-electron chi connectivity index (χ4n) is 4.80. The number of thiazole rings is 1. The number of hydrogen-bond acceptors (Lipinski definition) is 7. The average Bonchev–Trinajstić information content (AvgIpc) is 3.43. The second-order valence-corrected chi connectivity index (χ2v) is 13.5. The fourth-order valence-corrected chi connectivity index (χ4v) is 7.16. The van der Waals surface area contributed by atoms with Gasteiger partial charge in [0.05, 0.1) is 28.3 Å². The molecule has 1 saturated heterocycles. The lowest BCUT2D eigenvalue weighted by Gasteiger charge is -2.27. The average molecular weight is 613 g/mol. The number of sulfonamides is 1. The minimum Gasteiger partial charge on any atom is -0.379 e. The van der Waals surface area contributed by atoms with Gasteiger partial charge in [0, 0.05) is 50.4 Å². The summed E-state index contributed by atoms with van der Waals surface area (Å²) in [6, 6.07) is 19.4. The molecule has 216 valence electrons. The lowest BCUT2D eigenvalue weighted by atomic mass is 10.2. The number of rotatable bonds is 10. The summed E-state index contributed by atoms with van der Waals surface area (Å²) in [6.07, 6.45) is 0.762. The van der Waals surface area contributed by atoms with E-state index in [9.17, 15) is 13.2 Å². The van der Waals surface area contributed by atoms with Crippen molar-refractivity contribution >= 4 is 54.2 Å². The lowest BCUT2D eigenvalue weighted by Crippen LogP contribution is -2.39. The zero-order valence-electron chi connectivity index (χ0n) is 23.1. The van der Waals surface area contributed by atoms with Crippen molar-refractivity contribution in [2.45, 2.75) is 24.8 Å². The molecule has 1 aromatic heterocycles. The Morgan fingerprint density at radius 2 is 1.76 bits per heavy atom. The van der Waals surface area contributed by atoms with Gasteiger partial charge in [0.2, 0.25) is 10.0 Å². The van der Waals surface area contributed by atoms with E-state index in [1.807, 2.05) is 49.4 Å². The summed E-state index contributed by atoms with van der Waals surface area (Å²) in [5.74, 6) is -0.226. The van der Waals surface area contributed by atoms with Crippen LogP contribution < -0.4 is 4.90 Å². The Bertz CT molecular complexity index is 1610. The predicted octanol–water partition coefficient (Wildman–Crippen LogP) is 5.45. The van der Waals surface area contributed by atoms with Crippen LogP contribution >= 0.6 is 22.9 Å². The number of ether oxygens (including phenoxy) is 1. The van der Waals surface area contributed by atoms with Crippen molar-refractivity contribution in [1.29, 1.82) is 0 Å². The Morgan fingerprint density at radius 1 is 1.05 bits per heavy atom. The van der Waals surface area contributed by atoms with Crippen molar-refractivity contribution in [2.75, 3.05) is 51.3 Å². The summed E-state index contributed by atoms with van der Waals surface area (Å²) >= 11 is 7.79. The van der Waals surface area contributed by atoms with E-state index in [2.05, 4.69) is 4.90 Å². The maximum absolute atomic E-state index is 13.9. The molecular formula is C30H33ClN4O4S2. The predicted molar refractivity (Wildman–Crippen MR) is 164 cm³/mol. The van der Waals surface area contributed by atoms with Crippen molar-refractivity contribution in [3.05, 3.63) is 88.4 Å². The number of amides is 1. The molecule has 11 heteroatoms. The highest BCUT2D eigenvalue weighted by atomic mass is 35.5. The maximum Gasteiger partial charge on any atom is 0.260 e. The lowest BCUT2D eigenvalue weighted by molar-refractivity contribution is 0.0376. The summed E-state index contributed by atoms with van der Waals surface area (Å²) in [5.41, 5.74) is 2.95. The van der Waals surface area contributed by atoms with E-state index in [-0.39, 0.29) is 17.3 Å². The van der Waals surface area contributed by atoms with Gasteiger partial charge in [0.1, 0.15) is 0 Å². The number of carbonyl (C=O) groups is 1. The van der Waals surface area contributed by atoms with Crippen LogP contribution in [0.5, 0.6) is 0 Å². The molecule has 5 rings (SSSR count). The zero-order valence-corrected chi connectivity index (χ0v) is 25.5. The first-order valence-corrected chi connectivity index (χ1v) is 16.2. The number of aromatic nitrogens is 1. The molecule has 0 saturated carbocycles. The molecule has 1 fully saturated rings. The molecule has 3 aromatic carbocycles. The third-order valence-electron chi connectivity index (χ3n) is 7.23. The molecule has 0 spiro atoms. The first-order valence-electron chi connectivity index (χ1n) is 13.5. The molecule has 0 bridgehead atoms. The van der Waals surface area contributed by atoms with E-state index in [1.165, 1.54) is 27.8 Å². The Morgan fingerprint density at radius 3 is 2.46 bits per heavy atom. The van der Waals surface area contributed by atoms with Gasteiger partial charge in [0.25, 0.3) is 5.91 Å². The second kappa shape index (κ2) is 13.0. The van der Waals surface area contributed by atoms with Crippen LogP contribution in [0.3, 0.4) is 0 Å². The minimum atomic E-state index is -3.73. The quantitative estimate of drug-likeness (QED) is 0.237. The van der Waals surface area contributed by atoms with Crippen LogP contribution in [0.4, 0.5) is 5.13 Å². The van der Waals surface area contributed by atoms with Gasteiger partial charge in [-0.25, -0.2) is 13.4 Å². The molecule has 1 aliphatic rings. The first-order chi connectivity index (χ1) is 19.7. The molecule has 41 heavy (non-hydrogen) atoms. The van der Waals surface area contributed by atoms with Crippen molar-refractivity contribution in [3.8, 4) is 0 Å². The van der Waals surface area contributed by atoms with Crippen LogP contribution in [-0.4, -0.2) is 75.0 Å². The Labute approximate surface area is 250 Å². The van der Waals surface area contributed by atoms with Gasteiger partial charge in [-0.3, -0.25) is 14.6 Å². The Hall–Kier alpha value is -2.86. The fraction of sp³-hybridized carbons (Fsp3) is 0.333. The summed E-state index contributed by atoms with van der Waals surface area (Å²) < 4.78 is 34.2. The first kappa shape index (κ1) is 29.6. The molecule has 8 nitrogen and oxygen atoms in total. The molecule has 0 N–H and O–H groups in total. The number of anilines is 1. The highest BCUT2D eigenvalue weighted by molar-refractivity contribution is 7.89. The van der Waals surface area contributed by atoms with Gasteiger partial charge in [-0.05, 0) is 60.9 Å². The van der Waals surface area contributed by atoms with Gasteiger partial charge in [-0.15, -0.1) is 0 Å². The largest absolute Gasteiger partial charge is 0.379 e. The third kappa shape index (κ3) is 6.80. The van der Waals surface area contributed by atoms with E-state index in [1.54, 1.807) is 24.1 Å². The van der Waals surface area contributed by atoms with E-state index < -0.39 is 10.0 Å². The van der Waals surface area contributed by atoms with Crippen molar-refractivity contribution in [1.82, 2.24) is 14.2 Å². The monoisotopic (exact) mass is 612 g/mol. The number of hydrogen-bond donors (Lipinski definition) is 0. The highest BCUT2D eigenvalue weighted by Crippen LogP contribution is 2.34. The van der Waals surface area contributed by atoms with Gasteiger partial charge in [-0.1, -0.05) is 53.3 Å². The van der Waals surface area contributed by atoms with Gasteiger partial charge < -0.3 is 4.74 Å². The second-order valence-electron chi connectivity index (χ2n) is 10.1. The summed E-state index contributed by atoms with van der Waals surface area (Å²) in [7, 11) is -2.18. The van der Waals surface area contributed by atoms with E-state index in [0.717, 1.165) is 60.6 Å². The molecule has 0 unspecified atom stereocenters. The van der Waals surface area contributed by atoms with Crippen LogP contribution in [0.2, 0.25) is 5.02 Å².